The summed E-state index contributed by atoms with van der Waals surface area (Å²) in [6, 6.07) is 7.60. The van der Waals surface area contributed by atoms with Crippen molar-refractivity contribution in [1.29, 1.82) is 0 Å². The smallest absolute Gasteiger partial charge is 0.378 e. The van der Waals surface area contributed by atoms with Crippen LogP contribution in [-0.4, -0.2) is 101 Å². The number of alkyl halides is 3. The number of aromatic nitrogens is 3. The van der Waals surface area contributed by atoms with Gasteiger partial charge in [-0.2, -0.15) is 13.2 Å². The number of nitrogens with zero attached hydrogens (tertiary/aromatic N) is 5. The number of likely N-dealkylation sites (tertiary alicyclic amines) is 2. The highest BCUT2D eigenvalue weighted by Crippen LogP contribution is 2.36. The number of halogens is 3. The molecule has 224 valence electrons. The Labute approximate surface area is 242 Å². The van der Waals surface area contributed by atoms with Gasteiger partial charge in [0.15, 0.2) is 0 Å². The molecule has 3 saturated heterocycles. The number of carbonyl (C=O) groups is 1. The van der Waals surface area contributed by atoms with E-state index in [1.165, 1.54) is 12.4 Å². The Kier molecular flexibility index (Phi) is 8.09. The second kappa shape index (κ2) is 11.9. The van der Waals surface area contributed by atoms with E-state index in [1.54, 1.807) is 17.0 Å². The van der Waals surface area contributed by atoms with Crippen molar-refractivity contribution in [2.75, 3.05) is 62.7 Å². The minimum Gasteiger partial charge on any atom is -0.378 e. The number of anilines is 2. The molecule has 1 aromatic carbocycles. The number of carbonyl (C=O) groups excluding carboxylic acids is 1. The van der Waals surface area contributed by atoms with E-state index in [1.807, 2.05) is 18.2 Å². The van der Waals surface area contributed by atoms with Crippen molar-refractivity contribution in [3.8, 4) is 11.3 Å². The predicted octanol–water partition coefficient (Wildman–Crippen LogP) is 4.30. The number of ether oxygens (including phenoxy) is 1. The molecule has 2 N–H and O–H groups in total. The molecule has 2 atom stereocenters. The van der Waals surface area contributed by atoms with E-state index < -0.39 is 18.1 Å². The molecule has 9 nitrogen and oxygen atoms in total. The van der Waals surface area contributed by atoms with Gasteiger partial charge in [-0.3, -0.25) is 9.69 Å². The van der Waals surface area contributed by atoms with E-state index in [9.17, 15) is 18.0 Å². The summed E-state index contributed by atoms with van der Waals surface area (Å²) in [5, 5.41) is 3.70. The monoisotopic (exact) mass is 583 g/mol. The Bertz CT molecular complexity index is 1400. The lowest BCUT2D eigenvalue weighted by molar-refractivity contribution is -0.157. The maximum Gasteiger partial charge on any atom is 0.408 e. The van der Waals surface area contributed by atoms with Crippen LogP contribution in [0.15, 0.2) is 49.3 Å². The van der Waals surface area contributed by atoms with Gasteiger partial charge >= 0.3 is 6.18 Å². The molecule has 0 spiro atoms. The van der Waals surface area contributed by atoms with Gasteiger partial charge in [0.1, 0.15) is 23.8 Å². The van der Waals surface area contributed by atoms with Crippen LogP contribution < -0.4 is 10.2 Å². The molecule has 0 aliphatic carbocycles. The number of fused-ring (bicyclic) bond motifs is 1. The van der Waals surface area contributed by atoms with Crippen LogP contribution in [0.3, 0.4) is 0 Å². The molecule has 1 amide bonds. The number of hydrogen-bond donors (Lipinski definition) is 2. The van der Waals surface area contributed by atoms with Crippen molar-refractivity contribution >= 4 is 28.4 Å². The third kappa shape index (κ3) is 5.96. The Morgan fingerprint density at radius 3 is 2.50 bits per heavy atom. The van der Waals surface area contributed by atoms with Crippen LogP contribution in [0.2, 0.25) is 0 Å². The lowest BCUT2D eigenvalue weighted by Crippen LogP contribution is -2.50. The minimum atomic E-state index is -4.38. The average molecular weight is 584 g/mol. The Balaban J connectivity index is 1.11. The lowest BCUT2D eigenvalue weighted by Gasteiger charge is -2.39. The fraction of sp³-hybridized carbons (Fsp3) is 0.500. The van der Waals surface area contributed by atoms with Gasteiger partial charge in [0.05, 0.1) is 18.6 Å². The third-order valence-electron chi connectivity index (χ3n) is 8.80. The van der Waals surface area contributed by atoms with Crippen LogP contribution in [0, 0.1) is 5.92 Å². The number of H-pyrrole nitrogens is 1. The van der Waals surface area contributed by atoms with E-state index in [-0.39, 0.29) is 11.9 Å². The fourth-order valence-electron chi connectivity index (χ4n) is 6.49. The lowest BCUT2D eigenvalue weighted by atomic mass is 9.88. The molecular formula is C30H36F3N7O2. The van der Waals surface area contributed by atoms with Crippen molar-refractivity contribution in [2.24, 2.45) is 5.92 Å². The quantitative estimate of drug-likeness (QED) is 0.401. The molecule has 42 heavy (non-hydrogen) atoms. The number of piperidine rings is 1. The van der Waals surface area contributed by atoms with Crippen molar-refractivity contribution < 1.29 is 22.7 Å². The zero-order valence-corrected chi connectivity index (χ0v) is 23.4. The van der Waals surface area contributed by atoms with Gasteiger partial charge < -0.3 is 24.8 Å². The minimum absolute atomic E-state index is 0.0873. The summed E-state index contributed by atoms with van der Waals surface area (Å²) in [7, 11) is 0. The van der Waals surface area contributed by atoms with E-state index in [2.05, 4.69) is 36.6 Å². The zero-order valence-electron chi connectivity index (χ0n) is 23.4. The van der Waals surface area contributed by atoms with Crippen LogP contribution in [0.4, 0.5) is 24.7 Å². The summed E-state index contributed by atoms with van der Waals surface area (Å²) in [5.74, 6) is 0.230. The predicted molar refractivity (Wildman–Crippen MR) is 155 cm³/mol. The summed E-state index contributed by atoms with van der Waals surface area (Å²) < 4.78 is 48.2. The summed E-state index contributed by atoms with van der Waals surface area (Å²) >= 11 is 0. The molecule has 0 saturated carbocycles. The Morgan fingerprint density at radius 1 is 1.07 bits per heavy atom. The third-order valence-corrected chi connectivity index (χ3v) is 8.80. The standard InChI is InChI=1S/C30H36F3N7O2/c1-2-26(41)40-12-9-23(18-40)38-10-7-21(8-11-38)27(30(31,32)33)36-22-5-3-20(4-6-22)25-17-24-28(37-25)34-19-35-29(24)39-13-15-42-16-14-39/h2-6,17,19,21,23,27,36H,1,7-16,18H2,(H,34,35,37)/t23?,27-/m0/s1. The first-order valence-corrected chi connectivity index (χ1v) is 14.6. The van der Waals surface area contributed by atoms with Crippen molar-refractivity contribution in [3.05, 3.63) is 49.3 Å². The molecule has 5 heterocycles. The van der Waals surface area contributed by atoms with Gasteiger partial charge in [-0.25, -0.2) is 9.97 Å². The largest absolute Gasteiger partial charge is 0.408 e. The number of amides is 1. The van der Waals surface area contributed by atoms with Crippen LogP contribution in [-0.2, 0) is 9.53 Å². The Morgan fingerprint density at radius 2 is 1.81 bits per heavy atom. The molecule has 12 heteroatoms. The SMILES string of the molecule is C=CC(=O)N1CCC(N2CCC([C@H](Nc3ccc(-c4cc5c(N6CCOCC6)ncnc5[nH]4)cc3)C(F)(F)F)CC2)C1. The number of morpholine rings is 1. The van der Waals surface area contributed by atoms with Crippen LogP contribution in [0.25, 0.3) is 22.3 Å². The van der Waals surface area contributed by atoms with Crippen molar-refractivity contribution in [3.63, 3.8) is 0 Å². The molecule has 3 aliphatic heterocycles. The number of rotatable bonds is 7. The van der Waals surface area contributed by atoms with E-state index >= 15 is 0 Å². The molecule has 0 bridgehead atoms. The highest BCUT2D eigenvalue weighted by atomic mass is 19.4. The number of benzene rings is 1. The normalized spacial score (nSPS) is 21.5. The highest BCUT2D eigenvalue weighted by molar-refractivity contribution is 5.92. The van der Waals surface area contributed by atoms with E-state index in [0.29, 0.717) is 63.6 Å². The topological polar surface area (TPSA) is 89.6 Å². The molecular weight excluding hydrogens is 547 g/mol. The summed E-state index contributed by atoms with van der Waals surface area (Å²) in [6.07, 6.45) is 0.213. The molecule has 0 radical (unpaired) electrons. The second-order valence-corrected chi connectivity index (χ2v) is 11.3. The molecule has 1 unspecified atom stereocenters. The number of aromatic amines is 1. The summed E-state index contributed by atoms with van der Waals surface area (Å²) in [5.41, 5.74) is 2.82. The highest BCUT2D eigenvalue weighted by Gasteiger charge is 2.46. The first-order valence-electron chi connectivity index (χ1n) is 14.6. The maximum absolute atomic E-state index is 14.3. The number of hydrogen-bond acceptors (Lipinski definition) is 7. The zero-order chi connectivity index (χ0) is 29.3. The van der Waals surface area contributed by atoms with Crippen molar-refractivity contribution in [1.82, 2.24) is 24.8 Å². The maximum atomic E-state index is 14.3. The van der Waals surface area contributed by atoms with E-state index in [0.717, 1.165) is 42.0 Å². The number of nitrogens with one attached hydrogen (secondary N) is 2. The molecule has 2 aromatic heterocycles. The van der Waals surface area contributed by atoms with Crippen LogP contribution in [0.1, 0.15) is 19.3 Å². The molecule has 3 aliphatic rings. The van der Waals surface area contributed by atoms with Gasteiger partial charge in [-0.05, 0) is 68.1 Å². The van der Waals surface area contributed by atoms with Gasteiger partial charge in [-0.15, -0.1) is 0 Å². The van der Waals surface area contributed by atoms with Crippen LogP contribution >= 0.6 is 0 Å². The average Bonchev–Trinajstić information content (AvgIpc) is 3.68. The van der Waals surface area contributed by atoms with E-state index in [4.69, 9.17) is 4.74 Å². The molecule has 6 rings (SSSR count). The van der Waals surface area contributed by atoms with Gasteiger partial charge in [-0.1, -0.05) is 18.7 Å². The van der Waals surface area contributed by atoms with Crippen molar-refractivity contribution in [2.45, 2.75) is 37.5 Å². The first-order chi connectivity index (χ1) is 20.3. The van der Waals surface area contributed by atoms with Gasteiger partial charge in [0.25, 0.3) is 0 Å². The van der Waals surface area contributed by atoms with Gasteiger partial charge in [0, 0.05) is 43.6 Å². The summed E-state index contributed by atoms with van der Waals surface area (Å²) in [4.78, 5) is 30.3. The molecule has 3 fully saturated rings. The first kappa shape index (κ1) is 28.5. The van der Waals surface area contributed by atoms with Gasteiger partial charge in [0.2, 0.25) is 5.91 Å². The summed E-state index contributed by atoms with van der Waals surface area (Å²) in [6.45, 7) is 8.80. The Hall–Kier alpha value is -3.64. The second-order valence-electron chi connectivity index (χ2n) is 11.3. The molecule has 3 aromatic rings. The fourth-order valence-corrected chi connectivity index (χ4v) is 6.49. The van der Waals surface area contributed by atoms with Crippen LogP contribution in [0.5, 0.6) is 0 Å².